The predicted octanol–water partition coefficient (Wildman–Crippen LogP) is 11.0. The van der Waals surface area contributed by atoms with Crippen LogP contribution >= 0.6 is 11.6 Å². The molecule has 15 nitrogen and oxygen atoms in total. The molecule has 0 spiro atoms. The second-order valence-electron chi connectivity index (χ2n) is 20.9. The Balaban J connectivity index is 0.000000206. The van der Waals surface area contributed by atoms with Gasteiger partial charge in [0.1, 0.15) is 23.5 Å². The number of fused-ring (bicyclic) bond motifs is 2. The van der Waals surface area contributed by atoms with Crippen LogP contribution in [0.25, 0.3) is 21.7 Å². The number of nitrogens with two attached hydrogens (primary N) is 1. The Labute approximate surface area is 498 Å². The van der Waals surface area contributed by atoms with Crippen molar-refractivity contribution in [3.05, 3.63) is 182 Å². The molecule has 0 atom stereocenters. The average Bonchev–Trinajstić information content (AvgIpc) is 2.48. The van der Waals surface area contributed by atoms with Crippen molar-refractivity contribution in [1.82, 2.24) is 39.5 Å². The monoisotopic (exact) mass is 1200 g/mol. The third kappa shape index (κ3) is 15.2. The van der Waals surface area contributed by atoms with Gasteiger partial charge in [-0.25, -0.2) is 15.0 Å². The molecule has 2 amide bonds. The van der Waals surface area contributed by atoms with Crippen molar-refractivity contribution in [2.45, 2.75) is 39.3 Å². The Morgan fingerprint density at radius 2 is 1.17 bits per heavy atom. The molecule has 10 rings (SSSR count). The number of amides is 2. The molecule has 22 heteroatoms. The molecule has 5 aromatic carbocycles. The Morgan fingerprint density at radius 1 is 0.605 bits per heavy atom. The van der Waals surface area contributed by atoms with E-state index >= 15 is 0 Å². The lowest BCUT2D eigenvalue weighted by Crippen LogP contribution is -2.44. The molecule has 0 unspecified atom stereocenters. The third-order valence-electron chi connectivity index (χ3n) is 14.8. The Bertz CT molecular complexity index is 3990. The van der Waals surface area contributed by atoms with Gasteiger partial charge in [-0.05, 0) is 117 Å². The third-order valence-corrected chi connectivity index (χ3v) is 15.1. The van der Waals surface area contributed by atoms with E-state index in [1.54, 1.807) is 55.6 Å². The summed E-state index contributed by atoms with van der Waals surface area (Å²) in [5.41, 5.74) is 9.45. The minimum atomic E-state index is -4.57. The van der Waals surface area contributed by atoms with Crippen molar-refractivity contribution >= 4 is 62.3 Å². The number of likely N-dealkylation sites (N-methyl/N-ethyl adjacent to an activating group) is 2. The van der Waals surface area contributed by atoms with Crippen molar-refractivity contribution < 1.29 is 45.4 Å². The summed E-state index contributed by atoms with van der Waals surface area (Å²) in [6.45, 7) is 9.99. The van der Waals surface area contributed by atoms with Crippen molar-refractivity contribution in [2.24, 2.45) is 0 Å². The van der Waals surface area contributed by atoms with Crippen molar-refractivity contribution in [3.63, 3.8) is 0 Å². The minimum absolute atomic E-state index is 0.00651. The van der Waals surface area contributed by atoms with Gasteiger partial charge < -0.3 is 35.6 Å². The number of nitrogen functional groups attached to an aromatic ring is 1. The molecule has 2 aliphatic rings. The number of carbonyl (C=O) groups excluding carboxylic acids is 2. The van der Waals surface area contributed by atoms with Crippen LogP contribution in [-0.4, -0.2) is 132 Å². The van der Waals surface area contributed by atoms with Gasteiger partial charge in [-0.3, -0.25) is 24.4 Å². The molecule has 2 fully saturated rings. The number of aryl methyl sites for hydroxylation is 2. The number of hydrogen-bond acceptors (Lipinski definition) is 13. The van der Waals surface area contributed by atoms with Gasteiger partial charge in [0.05, 0.1) is 36.4 Å². The smallest absolute Gasteiger partial charge is 0.416 e. The summed E-state index contributed by atoms with van der Waals surface area (Å²) in [5, 5.41) is 7.92. The van der Waals surface area contributed by atoms with Crippen molar-refractivity contribution in [1.29, 1.82) is 0 Å². The van der Waals surface area contributed by atoms with Gasteiger partial charge >= 0.3 is 12.4 Å². The summed E-state index contributed by atoms with van der Waals surface area (Å²) in [5.74, 6) is 12.3. The van der Waals surface area contributed by atoms with Gasteiger partial charge in [0.15, 0.2) is 11.5 Å². The Hall–Kier alpha value is -8.83. The summed E-state index contributed by atoms with van der Waals surface area (Å²) < 4.78 is 94.8. The number of hydrogen-bond donors (Lipinski definition) is 3. The van der Waals surface area contributed by atoms with E-state index in [0.717, 1.165) is 54.6 Å². The molecule has 3 aromatic heterocycles. The molecule has 0 saturated carbocycles. The second-order valence-corrected chi connectivity index (χ2v) is 21.4. The number of anilines is 3. The summed E-state index contributed by atoms with van der Waals surface area (Å²) in [4.78, 5) is 51.5. The summed E-state index contributed by atoms with van der Waals surface area (Å²) in [7, 11) is 7.06. The number of ether oxygens (including phenoxy) is 2. The van der Waals surface area contributed by atoms with Gasteiger partial charge in [-0.2, -0.15) is 26.3 Å². The maximum atomic E-state index is 14.0. The Kier molecular flexibility index (Phi) is 19.1. The van der Waals surface area contributed by atoms with E-state index in [0.29, 0.717) is 81.6 Å². The van der Waals surface area contributed by atoms with E-state index in [1.165, 1.54) is 57.1 Å². The zero-order chi connectivity index (χ0) is 61.5. The first kappa shape index (κ1) is 61.7. The second kappa shape index (κ2) is 26.6. The van der Waals surface area contributed by atoms with Crippen LogP contribution in [0.3, 0.4) is 0 Å². The summed E-state index contributed by atoms with van der Waals surface area (Å²) in [6.07, 6.45) is -4.61. The molecule has 4 N–H and O–H groups in total. The zero-order valence-corrected chi connectivity index (χ0v) is 48.7. The number of aromatic nitrogens is 4. The number of methoxy groups -OCH3 is 2. The number of benzene rings is 5. The van der Waals surface area contributed by atoms with Crippen LogP contribution in [0, 0.1) is 37.5 Å². The first-order valence-electron chi connectivity index (χ1n) is 27.2. The molecule has 8 aromatic rings. The highest BCUT2D eigenvalue weighted by Crippen LogP contribution is 2.37. The van der Waals surface area contributed by atoms with Gasteiger partial charge in [0.25, 0.3) is 11.8 Å². The average molecular weight is 1200 g/mol. The van der Waals surface area contributed by atoms with Gasteiger partial charge in [-0.15, -0.1) is 0 Å². The summed E-state index contributed by atoms with van der Waals surface area (Å²) in [6, 6.07) is 23.1. The molecule has 2 aliphatic heterocycles. The maximum Gasteiger partial charge on any atom is 0.416 e. The van der Waals surface area contributed by atoms with Crippen LogP contribution in [-0.2, 0) is 25.4 Å². The molecular weight excluding hydrogens is 1140 g/mol. The van der Waals surface area contributed by atoms with Crippen molar-refractivity contribution in [3.8, 4) is 35.2 Å². The number of carbonyl (C=O) groups is 2. The highest BCUT2D eigenvalue weighted by molar-refractivity contribution is 6.31. The fourth-order valence-corrected chi connectivity index (χ4v) is 9.93. The lowest BCUT2D eigenvalue weighted by Gasteiger charge is -2.33. The topological polar surface area (TPSA) is 167 Å². The standard InChI is InChI=1S/C33H32F3N5O3.C31H28ClF3N6O/c1-21-5-6-23(15-22(21)8-10-28-26-17-30(43-3)31(44-4)18-29(26)38-20-37-28)32(42)39-25-9-7-24(27(16-25)33(34,35)36)19-41-13-11-40(2)12-14-41;1-19-16-37-28(13-20(19)5-8-25-26-14-23(32)6-3-21(26)17-38-29(25)36)30(42)39-24-7-4-22(27(15-24)31(33,34)35)18-41-11-9-40(2)10-12-41/h5-7,9,15-18,20H,11-14,19H2,1-4H3,(H,39,42);3-4,6-7,13-17H,9-12,18H2,1-2H3,(H2,36,38)(H,39,42). The molecule has 5 heterocycles. The highest BCUT2D eigenvalue weighted by Gasteiger charge is 2.36. The first-order chi connectivity index (χ1) is 41.0. The number of rotatable bonds is 10. The zero-order valence-electron chi connectivity index (χ0n) is 47.9. The van der Waals surface area contributed by atoms with E-state index in [4.69, 9.17) is 26.8 Å². The van der Waals surface area contributed by atoms with Gasteiger partial charge in [0.2, 0.25) is 0 Å². The van der Waals surface area contributed by atoms with Crippen LogP contribution in [0.2, 0.25) is 5.02 Å². The molecule has 0 radical (unpaired) electrons. The van der Waals surface area contributed by atoms with E-state index in [-0.39, 0.29) is 52.7 Å². The van der Waals surface area contributed by atoms with E-state index in [2.05, 4.69) is 64.1 Å². The number of pyridine rings is 2. The van der Waals surface area contributed by atoms with Gasteiger partial charge in [-0.1, -0.05) is 53.6 Å². The quantitative estimate of drug-likeness (QED) is 0.0875. The SMILES string of the molecule is COc1cc2ncnc(C#Cc3cc(C(=O)Nc4ccc(CN5CCN(C)CC5)c(C(F)(F)F)c4)ccc3C)c2cc1OC.Cc1cnc(C(=O)Nc2ccc(CN3CCN(C)CC3)c(C(F)(F)F)c2)cc1C#Cc1c(N)ncc2ccc(Cl)cc12. The molecule has 2 saturated heterocycles. The first-order valence-corrected chi connectivity index (χ1v) is 27.6. The van der Waals surface area contributed by atoms with Crippen LogP contribution in [0.5, 0.6) is 11.5 Å². The lowest BCUT2D eigenvalue weighted by molar-refractivity contribution is -0.139. The maximum absolute atomic E-state index is 14.0. The van der Waals surface area contributed by atoms with Gasteiger partial charge in [0, 0.05) is 133 Å². The largest absolute Gasteiger partial charge is 0.493 e. The molecule has 0 aliphatic carbocycles. The molecular formula is C64H60ClF6N11O4. The van der Waals surface area contributed by atoms with Crippen LogP contribution in [0.15, 0.2) is 110 Å². The minimum Gasteiger partial charge on any atom is -0.493 e. The number of halogens is 7. The normalized spacial score (nSPS) is 14.3. The lowest BCUT2D eigenvalue weighted by atomic mass is 10.0. The fraction of sp³-hybridized carbons (Fsp3) is 0.281. The molecule has 444 valence electrons. The molecule has 0 bridgehead atoms. The van der Waals surface area contributed by atoms with Crippen LogP contribution < -0.4 is 25.8 Å². The van der Waals surface area contributed by atoms with Crippen LogP contribution in [0.4, 0.5) is 43.5 Å². The number of nitrogens with one attached hydrogen (secondary N) is 2. The fourth-order valence-electron chi connectivity index (χ4n) is 9.75. The number of piperazine rings is 2. The van der Waals surface area contributed by atoms with Crippen molar-refractivity contribution in [2.75, 3.05) is 97.0 Å². The number of nitrogens with zero attached hydrogens (tertiary/aromatic N) is 8. The van der Waals surface area contributed by atoms with E-state index in [9.17, 15) is 35.9 Å². The number of alkyl halides is 6. The highest BCUT2D eigenvalue weighted by atomic mass is 35.5. The Morgan fingerprint density at radius 3 is 1.77 bits per heavy atom. The summed E-state index contributed by atoms with van der Waals surface area (Å²) >= 11 is 6.17. The van der Waals surface area contributed by atoms with E-state index in [1.807, 2.05) is 36.9 Å². The van der Waals surface area contributed by atoms with Crippen LogP contribution in [0.1, 0.15) is 76.6 Å². The molecule has 86 heavy (non-hydrogen) atoms. The predicted molar refractivity (Wildman–Crippen MR) is 320 cm³/mol. The van der Waals surface area contributed by atoms with E-state index < -0.39 is 35.3 Å².